The van der Waals surface area contributed by atoms with Crippen LogP contribution in [0.2, 0.25) is 0 Å². The molecule has 4 heteroatoms. The first kappa shape index (κ1) is 41.4. The van der Waals surface area contributed by atoms with E-state index in [2.05, 4.69) is 300 Å². The standard InChI is InChI=1S/C62H50N4/c1-47-17-15-27-61(45-47)65(53-23-11-5-12-24-53)59-41-37-57(38-42-59)64(58-39-43-60(44-40-58)66(54-25-13-6-14-26-54)62-28-16-18-48(2)46-62)56-35-31-50(32-36-56)49-29-33-55(34-30-49)63(51-19-7-3-8-20-51)52-21-9-4-10-22-52/h3-46H,1-2H3. The van der Waals surface area contributed by atoms with Crippen molar-refractivity contribution in [2.75, 3.05) is 19.6 Å². The van der Waals surface area contributed by atoms with Gasteiger partial charge in [-0.2, -0.15) is 0 Å². The quantitative estimate of drug-likeness (QED) is 0.115. The number of rotatable bonds is 13. The van der Waals surface area contributed by atoms with E-state index in [0.717, 1.165) is 79.4 Å². The van der Waals surface area contributed by atoms with Crippen molar-refractivity contribution < 1.29 is 0 Å². The number of nitrogens with zero attached hydrogens (tertiary/aromatic N) is 4. The van der Waals surface area contributed by atoms with Crippen molar-refractivity contribution in [1.29, 1.82) is 0 Å². The number of hydrogen-bond donors (Lipinski definition) is 0. The molecule has 0 fully saturated rings. The zero-order chi connectivity index (χ0) is 44.7. The number of hydrogen-bond acceptors (Lipinski definition) is 4. The van der Waals surface area contributed by atoms with Crippen molar-refractivity contribution in [3.63, 3.8) is 0 Å². The molecule has 4 nitrogen and oxygen atoms in total. The minimum absolute atomic E-state index is 1.06. The lowest BCUT2D eigenvalue weighted by atomic mass is 10.0. The summed E-state index contributed by atoms with van der Waals surface area (Å²) in [7, 11) is 0. The summed E-state index contributed by atoms with van der Waals surface area (Å²) in [6.45, 7) is 4.29. The van der Waals surface area contributed by atoms with E-state index >= 15 is 0 Å². The highest BCUT2D eigenvalue weighted by atomic mass is 15.2. The van der Waals surface area contributed by atoms with Crippen LogP contribution in [0.3, 0.4) is 0 Å². The van der Waals surface area contributed by atoms with Crippen molar-refractivity contribution in [2.45, 2.75) is 13.8 Å². The van der Waals surface area contributed by atoms with E-state index in [4.69, 9.17) is 0 Å². The van der Waals surface area contributed by atoms with Crippen LogP contribution in [-0.4, -0.2) is 0 Å². The predicted octanol–water partition coefficient (Wildman–Crippen LogP) is 17.8. The number of aryl methyl sites for hydroxylation is 2. The molecule has 0 atom stereocenters. The summed E-state index contributed by atoms with van der Waals surface area (Å²) >= 11 is 0. The molecule has 0 saturated heterocycles. The van der Waals surface area contributed by atoms with Crippen LogP contribution in [0.5, 0.6) is 0 Å². The Morgan fingerprint density at radius 3 is 0.621 bits per heavy atom. The van der Waals surface area contributed by atoms with Crippen LogP contribution in [0.4, 0.5) is 68.2 Å². The van der Waals surface area contributed by atoms with E-state index in [1.807, 2.05) is 0 Å². The average Bonchev–Trinajstić information content (AvgIpc) is 3.37. The molecular weight excluding hydrogens is 801 g/mol. The molecule has 66 heavy (non-hydrogen) atoms. The summed E-state index contributed by atoms with van der Waals surface area (Å²) in [6, 6.07) is 95.2. The fraction of sp³-hybridized carbons (Fsp3) is 0.0323. The molecule has 0 amide bonds. The van der Waals surface area contributed by atoms with Gasteiger partial charge in [-0.05, 0) is 182 Å². The summed E-state index contributed by atoms with van der Waals surface area (Å²) in [5, 5.41) is 0. The molecule has 10 rings (SSSR count). The topological polar surface area (TPSA) is 13.0 Å². The summed E-state index contributed by atoms with van der Waals surface area (Å²) in [4.78, 5) is 9.27. The molecule has 10 aromatic rings. The van der Waals surface area contributed by atoms with Gasteiger partial charge in [-0.15, -0.1) is 0 Å². The molecule has 0 saturated carbocycles. The third kappa shape index (κ3) is 8.94. The van der Waals surface area contributed by atoms with Crippen molar-refractivity contribution >= 4 is 68.2 Å². The largest absolute Gasteiger partial charge is 0.311 e. The van der Waals surface area contributed by atoms with Crippen LogP contribution in [0.25, 0.3) is 11.1 Å². The monoisotopic (exact) mass is 850 g/mol. The van der Waals surface area contributed by atoms with Gasteiger partial charge in [-0.3, -0.25) is 0 Å². The van der Waals surface area contributed by atoms with Gasteiger partial charge >= 0.3 is 0 Å². The first-order valence-corrected chi connectivity index (χ1v) is 22.5. The lowest BCUT2D eigenvalue weighted by Gasteiger charge is -2.29. The molecule has 0 heterocycles. The second-order valence-electron chi connectivity index (χ2n) is 16.5. The highest BCUT2D eigenvalue weighted by Gasteiger charge is 2.19. The maximum absolute atomic E-state index is 2.34. The summed E-state index contributed by atoms with van der Waals surface area (Å²) in [5.41, 5.74) is 17.9. The van der Waals surface area contributed by atoms with Crippen LogP contribution >= 0.6 is 0 Å². The van der Waals surface area contributed by atoms with Gasteiger partial charge in [0, 0.05) is 68.2 Å². The molecule has 0 aromatic heterocycles. The van der Waals surface area contributed by atoms with Crippen LogP contribution in [0.15, 0.2) is 267 Å². The Hall–Kier alpha value is -8.60. The average molecular weight is 851 g/mol. The van der Waals surface area contributed by atoms with Crippen LogP contribution in [-0.2, 0) is 0 Å². The van der Waals surface area contributed by atoms with E-state index < -0.39 is 0 Å². The Morgan fingerprint density at radius 2 is 0.379 bits per heavy atom. The zero-order valence-corrected chi connectivity index (χ0v) is 37.2. The maximum atomic E-state index is 2.34. The molecule has 10 aromatic carbocycles. The fourth-order valence-corrected chi connectivity index (χ4v) is 8.74. The van der Waals surface area contributed by atoms with Crippen LogP contribution in [0.1, 0.15) is 11.1 Å². The number of anilines is 12. The Kier molecular flexibility index (Phi) is 11.9. The van der Waals surface area contributed by atoms with Crippen molar-refractivity contribution in [1.82, 2.24) is 0 Å². The van der Waals surface area contributed by atoms with Gasteiger partial charge in [0.2, 0.25) is 0 Å². The smallest absolute Gasteiger partial charge is 0.0464 e. The van der Waals surface area contributed by atoms with E-state index in [9.17, 15) is 0 Å². The van der Waals surface area contributed by atoms with Crippen LogP contribution < -0.4 is 19.6 Å². The van der Waals surface area contributed by atoms with Gasteiger partial charge < -0.3 is 19.6 Å². The normalized spacial score (nSPS) is 10.9. The predicted molar refractivity (Wildman–Crippen MR) is 280 cm³/mol. The highest BCUT2D eigenvalue weighted by molar-refractivity contribution is 5.85. The SMILES string of the molecule is Cc1cccc(N(c2ccccc2)c2ccc(N(c3ccc(-c4ccc(N(c5ccccc5)c5ccccc5)cc4)cc3)c3ccc(N(c4ccccc4)c4cccc(C)c4)cc3)cc2)c1. The van der Waals surface area contributed by atoms with E-state index in [1.54, 1.807) is 0 Å². The number of benzene rings is 10. The van der Waals surface area contributed by atoms with Gasteiger partial charge in [-0.25, -0.2) is 0 Å². The molecule has 0 unspecified atom stereocenters. The van der Waals surface area contributed by atoms with Crippen molar-refractivity contribution in [3.8, 4) is 11.1 Å². The first-order valence-electron chi connectivity index (χ1n) is 22.5. The Bertz CT molecular complexity index is 2950. The zero-order valence-electron chi connectivity index (χ0n) is 37.2. The van der Waals surface area contributed by atoms with Crippen LogP contribution in [0, 0.1) is 13.8 Å². The molecule has 0 aliphatic carbocycles. The Morgan fingerprint density at radius 1 is 0.182 bits per heavy atom. The molecule has 0 bridgehead atoms. The third-order valence-electron chi connectivity index (χ3n) is 11.9. The minimum Gasteiger partial charge on any atom is -0.311 e. The minimum atomic E-state index is 1.06. The lowest BCUT2D eigenvalue weighted by Crippen LogP contribution is -2.13. The summed E-state index contributed by atoms with van der Waals surface area (Å²) < 4.78 is 0. The second kappa shape index (κ2) is 19.0. The molecule has 318 valence electrons. The lowest BCUT2D eigenvalue weighted by molar-refractivity contribution is 1.24. The molecule has 0 aliphatic heterocycles. The molecule has 0 spiro atoms. The van der Waals surface area contributed by atoms with Gasteiger partial charge in [0.25, 0.3) is 0 Å². The molecule has 0 radical (unpaired) electrons. The van der Waals surface area contributed by atoms with Gasteiger partial charge in [-0.1, -0.05) is 121 Å². The van der Waals surface area contributed by atoms with Gasteiger partial charge in [0.1, 0.15) is 0 Å². The van der Waals surface area contributed by atoms with E-state index in [-0.39, 0.29) is 0 Å². The van der Waals surface area contributed by atoms with E-state index in [1.165, 1.54) is 11.1 Å². The Labute approximate surface area is 389 Å². The second-order valence-corrected chi connectivity index (χ2v) is 16.5. The summed E-state index contributed by atoms with van der Waals surface area (Å²) in [5.74, 6) is 0. The third-order valence-corrected chi connectivity index (χ3v) is 11.9. The molecular formula is C62H50N4. The van der Waals surface area contributed by atoms with E-state index in [0.29, 0.717) is 0 Å². The van der Waals surface area contributed by atoms with Gasteiger partial charge in [0.05, 0.1) is 0 Å². The molecule has 0 N–H and O–H groups in total. The fourth-order valence-electron chi connectivity index (χ4n) is 8.74. The highest BCUT2D eigenvalue weighted by Crippen LogP contribution is 2.42. The summed E-state index contributed by atoms with van der Waals surface area (Å²) in [6.07, 6.45) is 0. The Balaban J connectivity index is 1.02. The molecule has 0 aliphatic rings. The maximum Gasteiger partial charge on any atom is 0.0464 e. The van der Waals surface area contributed by atoms with Crippen molar-refractivity contribution in [3.05, 3.63) is 278 Å². The van der Waals surface area contributed by atoms with Gasteiger partial charge in [0.15, 0.2) is 0 Å². The first-order chi connectivity index (χ1) is 32.6. The van der Waals surface area contributed by atoms with Crippen molar-refractivity contribution in [2.24, 2.45) is 0 Å². The number of para-hydroxylation sites is 4.